The first-order valence-corrected chi connectivity index (χ1v) is 5.51. The van der Waals surface area contributed by atoms with Gasteiger partial charge < -0.3 is 14.6 Å². The van der Waals surface area contributed by atoms with Gasteiger partial charge in [-0.25, -0.2) is 14.8 Å². The Kier molecular flexibility index (Phi) is 3.92. The molecule has 1 heterocycles. The summed E-state index contributed by atoms with van der Waals surface area (Å²) < 4.78 is 10.5. The Morgan fingerprint density at radius 2 is 1.89 bits per heavy atom. The Labute approximate surface area is 109 Å². The van der Waals surface area contributed by atoms with Crippen molar-refractivity contribution in [2.45, 2.75) is 6.61 Å². The molecule has 2 rings (SSSR count). The molecule has 0 unspecified atom stereocenters. The summed E-state index contributed by atoms with van der Waals surface area (Å²) in [5.41, 5.74) is 0.503. The summed E-state index contributed by atoms with van der Waals surface area (Å²) >= 11 is 0. The highest BCUT2D eigenvalue weighted by Crippen LogP contribution is 2.17. The molecular formula is C13H12N2O4. The number of hydrogen-bond acceptors (Lipinski definition) is 5. The van der Waals surface area contributed by atoms with Crippen molar-refractivity contribution in [2.24, 2.45) is 0 Å². The topological polar surface area (TPSA) is 81.5 Å². The molecule has 98 valence electrons. The van der Waals surface area contributed by atoms with Crippen LogP contribution in [0.15, 0.2) is 36.5 Å². The van der Waals surface area contributed by atoms with Crippen molar-refractivity contribution >= 4 is 5.97 Å². The van der Waals surface area contributed by atoms with Crippen molar-refractivity contribution in [2.75, 3.05) is 7.11 Å². The van der Waals surface area contributed by atoms with E-state index in [1.54, 1.807) is 37.4 Å². The Morgan fingerprint density at radius 3 is 2.53 bits per heavy atom. The van der Waals surface area contributed by atoms with Crippen molar-refractivity contribution in [3.63, 3.8) is 0 Å². The van der Waals surface area contributed by atoms with Gasteiger partial charge in [0.15, 0.2) is 0 Å². The molecule has 6 nitrogen and oxygen atoms in total. The number of rotatable bonds is 5. The number of aromatic nitrogens is 2. The monoisotopic (exact) mass is 260 g/mol. The largest absolute Gasteiger partial charge is 0.497 e. The fourth-order valence-electron chi connectivity index (χ4n) is 1.41. The molecule has 0 aliphatic rings. The predicted molar refractivity (Wildman–Crippen MR) is 66.3 cm³/mol. The molecule has 0 saturated carbocycles. The first-order chi connectivity index (χ1) is 9.19. The maximum absolute atomic E-state index is 10.7. The van der Waals surface area contributed by atoms with Crippen molar-refractivity contribution < 1.29 is 19.4 Å². The van der Waals surface area contributed by atoms with Crippen LogP contribution in [0, 0.1) is 0 Å². The first kappa shape index (κ1) is 12.8. The molecule has 0 aliphatic heterocycles. The molecule has 0 fully saturated rings. The zero-order valence-corrected chi connectivity index (χ0v) is 10.2. The number of aromatic carboxylic acids is 1. The van der Waals surface area contributed by atoms with E-state index in [2.05, 4.69) is 9.97 Å². The summed E-state index contributed by atoms with van der Waals surface area (Å²) in [5, 5.41) is 8.77. The van der Waals surface area contributed by atoms with Crippen LogP contribution in [0.3, 0.4) is 0 Å². The number of ether oxygens (including phenoxy) is 2. The van der Waals surface area contributed by atoms with Crippen LogP contribution in [0.1, 0.15) is 16.3 Å². The number of benzene rings is 1. The van der Waals surface area contributed by atoms with E-state index in [0.29, 0.717) is 11.4 Å². The Bertz CT molecular complexity index is 569. The minimum absolute atomic E-state index is 0.176. The lowest BCUT2D eigenvalue weighted by Gasteiger charge is -2.06. The molecule has 0 amide bonds. The molecule has 1 N–H and O–H groups in total. The van der Waals surface area contributed by atoms with Gasteiger partial charge in [0.25, 0.3) is 0 Å². The Morgan fingerprint density at radius 1 is 1.21 bits per heavy atom. The average Bonchev–Trinajstić information content (AvgIpc) is 2.46. The van der Waals surface area contributed by atoms with Gasteiger partial charge in [0.05, 0.1) is 12.8 Å². The molecule has 0 spiro atoms. The molecule has 0 radical (unpaired) electrons. The van der Waals surface area contributed by atoms with Gasteiger partial charge in [-0.15, -0.1) is 0 Å². The van der Waals surface area contributed by atoms with Gasteiger partial charge in [-0.05, 0) is 30.3 Å². The van der Waals surface area contributed by atoms with Crippen LogP contribution in [-0.2, 0) is 6.61 Å². The molecule has 1 aromatic carbocycles. The van der Waals surface area contributed by atoms with E-state index in [1.165, 1.54) is 6.20 Å². The summed E-state index contributed by atoms with van der Waals surface area (Å²) in [4.78, 5) is 18.2. The quantitative estimate of drug-likeness (QED) is 0.882. The first-order valence-electron chi connectivity index (χ1n) is 5.51. The number of carboxylic acid groups (broad SMARTS) is 1. The zero-order chi connectivity index (χ0) is 13.7. The van der Waals surface area contributed by atoms with Gasteiger partial charge in [0, 0.05) is 6.20 Å². The normalized spacial score (nSPS) is 9.95. The van der Waals surface area contributed by atoms with E-state index >= 15 is 0 Å². The average molecular weight is 260 g/mol. The summed E-state index contributed by atoms with van der Waals surface area (Å²) in [6.07, 6.45) is 1.39. The van der Waals surface area contributed by atoms with Gasteiger partial charge in [0.2, 0.25) is 5.82 Å². The molecule has 19 heavy (non-hydrogen) atoms. The SMILES string of the molecule is COc1ccc(OCc2ccnc(C(=O)O)n2)cc1. The second kappa shape index (κ2) is 5.81. The van der Waals surface area contributed by atoms with Crippen LogP contribution < -0.4 is 9.47 Å². The van der Waals surface area contributed by atoms with Gasteiger partial charge in [-0.3, -0.25) is 0 Å². The summed E-state index contributed by atoms with van der Waals surface area (Å²) in [7, 11) is 1.59. The van der Waals surface area contributed by atoms with Crippen molar-refractivity contribution in [1.82, 2.24) is 9.97 Å². The number of carbonyl (C=O) groups is 1. The summed E-state index contributed by atoms with van der Waals surface area (Å²) in [6, 6.07) is 8.68. The number of nitrogens with zero attached hydrogens (tertiary/aromatic N) is 2. The molecule has 2 aromatic rings. The highest BCUT2D eigenvalue weighted by atomic mass is 16.5. The van der Waals surface area contributed by atoms with Gasteiger partial charge in [-0.1, -0.05) is 0 Å². The fourth-order valence-corrected chi connectivity index (χ4v) is 1.41. The lowest BCUT2D eigenvalue weighted by Crippen LogP contribution is -2.07. The fraction of sp³-hybridized carbons (Fsp3) is 0.154. The van der Waals surface area contributed by atoms with E-state index in [-0.39, 0.29) is 12.4 Å². The van der Waals surface area contributed by atoms with Crippen LogP contribution in [0.2, 0.25) is 0 Å². The standard InChI is InChI=1S/C13H12N2O4/c1-18-10-2-4-11(5-3-10)19-8-9-6-7-14-12(15-9)13(16)17/h2-7H,8H2,1H3,(H,16,17). The van der Waals surface area contributed by atoms with Gasteiger partial charge >= 0.3 is 5.97 Å². The minimum Gasteiger partial charge on any atom is -0.497 e. The van der Waals surface area contributed by atoms with Crippen molar-refractivity contribution in [3.05, 3.63) is 48.0 Å². The van der Waals surface area contributed by atoms with Crippen LogP contribution in [0.5, 0.6) is 11.5 Å². The molecule has 0 aliphatic carbocycles. The molecule has 1 aromatic heterocycles. The third kappa shape index (κ3) is 3.41. The van der Waals surface area contributed by atoms with E-state index in [1.807, 2.05) is 0 Å². The van der Waals surface area contributed by atoms with E-state index in [4.69, 9.17) is 14.6 Å². The van der Waals surface area contributed by atoms with E-state index in [9.17, 15) is 4.79 Å². The third-order valence-electron chi connectivity index (χ3n) is 2.35. The van der Waals surface area contributed by atoms with Crippen LogP contribution in [0.25, 0.3) is 0 Å². The highest BCUT2D eigenvalue weighted by Gasteiger charge is 2.07. The van der Waals surface area contributed by atoms with E-state index in [0.717, 1.165) is 5.75 Å². The zero-order valence-electron chi connectivity index (χ0n) is 10.2. The minimum atomic E-state index is -1.16. The highest BCUT2D eigenvalue weighted by molar-refractivity contribution is 5.82. The smallest absolute Gasteiger partial charge is 0.373 e. The molecule has 6 heteroatoms. The molecule has 0 saturated heterocycles. The summed E-state index contributed by atoms with van der Waals surface area (Å²) in [5.74, 6) is -0.0130. The molecule has 0 atom stereocenters. The second-order valence-corrected chi connectivity index (χ2v) is 3.64. The number of carboxylic acids is 1. The Balaban J connectivity index is 2.01. The Hall–Kier alpha value is -2.63. The lowest BCUT2D eigenvalue weighted by molar-refractivity contribution is 0.0682. The number of methoxy groups -OCH3 is 1. The summed E-state index contributed by atoms with van der Waals surface area (Å²) in [6.45, 7) is 0.176. The van der Waals surface area contributed by atoms with E-state index < -0.39 is 5.97 Å². The van der Waals surface area contributed by atoms with Crippen molar-refractivity contribution in [3.8, 4) is 11.5 Å². The van der Waals surface area contributed by atoms with Gasteiger partial charge in [0.1, 0.15) is 18.1 Å². The predicted octanol–water partition coefficient (Wildman–Crippen LogP) is 1.76. The second-order valence-electron chi connectivity index (χ2n) is 3.64. The maximum atomic E-state index is 10.7. The number of hydrogen-bond donors (Lipinski definition) is 1. The molecule has 0 bridgehead atoms. The molecular weight excluding hydrogens is 248 g/mol. The lowest BCUT2D eigenvalue weighted by atomic mass is 10.3. The maximum Gasteiger partial charge on any atom is 0.373 e. The van der Waals surface area contributed by atoms with Crippen molar-refractivity contribution in [1.29, 1.82) is 0 Å². The van der Waals surface area contributed by atoms with Crippen LogP contribution in [-0.4, -0.2) is 28.2 Å². The van der Waals surface area contributed by atoms with Crippen LogP contribution in [0.4, 0.5) is 0 Å². The third-order valence-corrected chi connectivity index (χ3v) is 2.35. The van der Waals surface area contributed by atoms with Gasteiger partial charge in [-0.2, -0.15) is 0 Å². The van der Waals surface area contributed by atoms with Crippen LogP contribution >= 0.6 is 0 Å².